The number of hydrogen-bond donors (Lipinski definition) is 1. The predicted molar refractivity (Wildman–Crippen MR) is 24.9 cm³/mol. The summed E-state index contributed by atoms with van der Waals surface area (Å²) in [6.45, 7) is 0. The molecule has 0 aliphatic carbocycles. The van der Waals surface area contributed by atoms with Crippen molar-refractivity contribution in [3.8, 4) is 0 Å². The molecule has 1 heterocycles. The molecule has 1 aliphatic rings. The number of esters is 1. The van der Waals surface area contributed by atoms with Crippen LogP contribution in [-0.2, 0) is 9.53 Å². The Morgan fingerprint density at radius 2 is 2.43 bits per heavy atom. The lowest BCUT2D eigenvalue weighted by Crippen LogP contribution is -1.87. The lowest BCUT2D eigenvalue weighted by Gasteiger charge is -1.78. The topological polar surface area (TPSA) is 61.3 Å². The van der Waals surface area contributed by atoms with Crippen LogP contribution in [0.25, 0.3) is 0 Å². The van der Waals surface area contributed by atoms with E-state index in [1.165, 1.54) is 6.26 Å². The Labute approximate surface area is 41.5 Å². The first kappa shape index (κ1) is 6.17. The molecule has 0 aromatic heterocycles. The van der Waals surface area contributed by atoms with E-state index in [1.807, 2.05) is 0 Å². The maximum atomic E-state index is 9.96. The van der Waals surface area contributed by atoms with Crippen molar-refractivity contribution >= 4 is 5.97 Å². The third-order valence-corrected chi connectivity index (χ3v) is 0.580. The molecule has 0 amide bonds. The quantitative estimate of drug-likeness (QED) is 0.455. The van der Waals surface area contributed by atoms with Crippen molar-refractivity contribution in [3.05, 3.63) is 12.3 Å². The van der Waals surface area contributed by atoms with Crippen LogP contribution in [0.4, 0.5) is 0 Å². The normalized spacial score (nSPS) is 15.7. The smallest absolute Gasteiger partial charge is 0.314 e. The van der Waals surface area contributed by atoms with E-state index in [0.717, 1.165) is 0 Å². The molecule has 40 valence electrons. The summed E-state index contributed by atoms with van der Waals surface area (Å²) < 4.78 is 4.33. The molecular weight excluding hydrogens is 94.0 g/mol. The van der Waals surface area contributed by atoms with Crippen LogP contribution in [-0.4, -0.2) is 5.97 Å². The van der Waals surface area contributed by atoms with E-state index in [-0.39, 0.29) is 12.1 Å². The van der Waals surface area contributed by atoms with E-state index in [9.17, 15) is 4.79 Å². The highest BCUT2D eigenvalue weighted by molar-refractivity contribution is 5.73. The summed E-state index contributed by atoms with van der Waals surface area (Å²) in [5, 5.41) is 0. The SMILES string of the molecule is N.O=C1CC=CO1. The molecule has 3 nitrogen and oxygen atoms in total. The molecule has 0 saturated carbocycles. The molecule has 3 N–H and O–H groups in total. The second-order valence-electron chi connectivity index (χ2n) is 1.07. The Bertz CT molecular complexity index is 87.9. The number of cyclic esters (lactones) is 1. The molecule has 0 bridgehead atoms. The Morgan fingerprint density at radius 3 is 2.57 bits per heavy atom. The monoisotopic (exact) mass is 101 g/mol. The van der Waals surface area contributed by atoms with E-state index in [0.29, 0.717) is 6.42 Å². The van der Waals surface area contributed by atoms with Gasteiger partial charge in [-0.15, -0.1) is 0 Å². The van der Waals surface area contributed by atoms with Crippen molar-refractivity contribution in [2.24, 2.45) is 0 Å². The fourth-order valence-corrected chi connectivity index (χ4v) is 0.316. The standard InChI is InChI=1S/C4H4O2.H3N/c5-4-2-1-3-6-4;/h1,3H,2H2;1H3. The van der Waals surface area contributed by atoms with E-state index < -0.39 is 0 Å². The lowest BCUT2D eigenvalue weighted by molar-refractivity contribution is -0.135. The zero-order chi connectivity index (χ0) is 4.41. The molecule has 0 radical (unpaired) electrons. The first-order chi connectivity index (χ1) is 2.89. The largest absolute Gasteiger partial charge is 0.435 e. The third kappa shape index (κ3) is 1.36. The summed E-state index contributed by atoms with van der Waals surface area (Å²) in [5.74, 6) is -0.157. The second kappa shape index (κ2) is 2.36. The zero-order valence-corrected chi connectivity index (χ0v) is 3.89. The van der Waals surface area contributed by atoms with Crippen molar-refractivity contribution < 1.29 is 9.53 Å². The maximum absolute atomic E-state index is 9.96. The van der Waals surface area contributed by atoms with Gasteiger partial charge in [-0.2, -0.15) is 0 Å². The van der Waals surface area contributed by atoms with Crippen molar-refractivity contribution in [2.75, 3.05) is 0 Å². The van der Waals surface area contributed by atoms with Gasteiger partial charge >= 0.3 is 5.97 Å². The van der Waals surface area contributed by atoms with Crippen molar-refractivity contribution in [1.82, 2.24) is 6.15 Å². The molecule has 1 rings (SSSR count). The predicted octanol–water partition coefficient (Wildman–Crippen LogP) is 0.609. The summed E-state index contributed by atoms with van der Waals surface area (Å²) in [5.41, 5.74) is 0. The van der Waals surface area contributed by atoms with Crippen molar-refractivity contribution in [1.29, 1.82) is 0 Å². The summed E-state index contributed by atoms with van der Waals surface area (Å²) in [6.07, 6.45) is 3.53. The molecule has 3 heteroatoms. The third-order valence-electron chi connectivity index (χ3n) is 0.580. The van der Waals surface area contributed by atoms with E-state index in [4.69, 9.17) is 0 Å². The van der Waals surface area contributed by atoms with Crippen LogP contribution >= 0.6 is 0 Å². The molecule has 0 unspecified atom stereocenters. The summed E-state index contributed by atoms with van der Waals surface area (Å²) in [6, 6.07) is 0. The summed E-state index contributed by atoms with van der Waals surface area (Å²) >= 11 is 0. The van der Waals surface area contributed by atoms with Crippen molar-refractivity contribution in [2.45, 2.75) is 6.42 Å². The number of hydrogen-bond acceptors (Lipinski definition) is 3. The maximum Gasteiger partial charge on any atom is 0.314 e. The number of carbonyl (C=O) groups is 1. The van der Waals surface area contributed by atoms with Gasteiger partial charge in [-0.25, -0.2) is 0 Å². The Kier molecular flexibility index (Phi) is 2.08. The van der Waals surface area contributed by atoms with Gasteiger partial charge in [0.1, 0.15) is 0 Å². The molecule has 1 aliphatic heterocycles. The number of ether oxygens (including phenoxy) is 1. The Hall–Kier alpha value is -0.830. The summed E-state index contributed by atoms with van der Waals surface area (Å²) in [7, 11) is 0. The average Bonchev–Trinajstić information content (AvgIpc) is 1.86. The van der Waals surface area contributed by atoms with Crippen LogP contribution in [0.2, 0.25) is 0 Å². The molecule has 0 aromatic carbocycles. The fourth-order valence-electron chi connectivity index (χ4n) is 0.316. The van der Waals surface area contributed by atoms with Crippen molar-refractivity contribution in [3.63, 3.8) is 0 Å². The Balaban J connectivity index is 0.000000360. The van der Waals surface area contributed by atoms with Crippen LogP contribution in [0.15, 0.2) is 12.3 Å². The van der Waals surface area contributed by atoms with Crippen LogP contribution in [0.3, 0.4) is 0 Å². The number of carbonyl (C=O) groups excluding carboxylic acids is 1. The minimum absolute atomic E-state index is 0. The fraction of sp³-hybridized carbons (Fsp3) is 0.250. The highest BCUT2D eigenvalue weighted by Crippen LogP contribution is 1.96. The molecule has 7 heavy (non-hydrogen) atoms. The van der Waals surface area contributed by atoms with Crippen LogP contribution in [0.1, 0.15) is 6.42 Å². The molecule has 0 spiro atoms. The molecule has 0 aromatic rings. The van der Waals surface area contributed by atoms with Gasteiger partial charge in [0.05, 0.1) is 12.7 Å². The van der Waals surface area contributed by atoms with Crippen LogP contribution < -0.4 is 6.15 Å². The zero-order valence-electron chi connectivity index (χ0n) is 3.89. The van der Waals surface area contributed by atoms with Gasteiger partial charge in [-0.1, -0.05) is 0 Å². The van der Waals surface area contributed by atoms with Gasteiger partial charge in [-0.3, -0.25) is 4.79 Å². The molecule has 0 saturated heterocycles. The van der Waals surface area contributed by atoms with E-state index in [2.05, 4.69) is 4.74 Å². The van der Waals surface area contributed by atoms with Crippen LogP contribution in [0, 0.1) is 0 Å². The number of rotatable bonds is 0. The van der Waals surface area contributed by atoms with Gasteiger partial charge in [0.25, 0.3) is 0 Å². The van der Waals surface area contributed by atoms with Gasteiger partial charge in [-0.05, 0) is 6.08 Å². The van der Waals surface area contributed by atoms with Crippen LogP contribution in [0.5, 0.6) is 0 Å². The van der Waals surface area contributed by atoms with Gasteiger partial charge in [0, 0.05) is 0 Å². The Morgan fingerprint density at radius 1 is 1.71 bits per heavy atom. The molecule has 0 fully saturated rings. The lowest BCUT2D eigenvalue weighted by atomic mass is 10.5. The van der Waals surface area contributed by atoms with Gasteiger partial charge in [0.15, 0.2) is 0 Å². The second-order valence-corrected chi connectivity index (χ2v) is 1.07. The minimum atomic E-state index is -0.157. The first-order valence-electron chi connectivity index (χ1n) is 1.74. The average molecular weight is 101 g/mol. The first-order valence-corrected chi connectivity index (χ1v) is 1.74. The van der Waals surface area contributed by atoms with Gasteiger partial charge < -0.3 is 10.9 Å². The summed E-state index contributed by atoms with van der Waals surface area (Å²) in [4.78, 5) is 9.96. The highest BCUT2D eigenvalue weighted by Gasteiger charge is 2.00. The highest BCUT2D eigenvalue weighted by atomic mass is 16.5. The van der Waals surface area contributed by atoms with Gasteiger partial charge in [0.2, 0.25) is 0 Å². The molecular formula is C4H7NO2. The minimum Gasteiger partial charge on any atom is -0.435 e. The van der Waals surface area contributed by atoms with E-state index in [1.54, 1.807) is 6.08 Å². The molecule has 0 atom stereocenters. The van der Waals surface area contributed by atoms with E-state index >= 15 is 0 Å².